The lowest BCUT2D eigenvalue weighted by molar-refractivity contribution is 0.105. The summed E-state index contributed by atoms with van der Waals surface area (Å²) in [5.41, 5.74) is 0. The molecule has 0 saturated carbocycles. The highest BCUT2D eigenvalue weighted by molar-refractivity contribution is 5.32. The van der Waals surface area contributed by atoms with Gasteiger partial charge in [-0.1, -0.05) is 32.8 Å². The van der Waals surface area contributed by atoms with E-state index in [1.807, 2.05) is 24.3 Å². The van der Waals surface area contributed by atoms with Crippen molar-refractivity contribution in [2.75, 3.05) is 26.8 Å². The Bertz CT molecular complexity index is 366. The van der Waals surface area contributed by atoms with Gasteiger partial charge < -0.3 is 19.9 Å². The molecule has 4 heteroatoms. The summed E-state index contributed by atoms with van der Waals surface area (Å²) in [7, 11) is 1.62. The molecule has 114 valence electrons. The third-order valence-electron chi connectivity index (χ3n) is 3.45. The third-order valence-corrected chi connectivity index (χ3v) is 3.45. The van der Waals surface area contributed by atoms with Gasteiger partial charge in [0.2, 0.25) is 0 Å². The highest BCUT2D eigenvalue weighted by atomic mass is 16.5. The smallest absolute Gasteiger partial charge is 0.123 e. The summed E-state index contributed by atoms with van der Waals surface area (Å²) >= 11 is 0. The zero-order chi connectivity index (χ0) is 14.8. The van der Waals surface area contributed by atoms with E-state index in [2.05, 4.69) is 19.2 Å². The van der Waals surface area contributed by atoms with Gasteiger partial charge in [-0.25, -0.2) is 0 Å². The normalized spacial score (nSPS) is 12.4. The van der Waals surface area contributed by atoms with Gasteiger partial charge in [0.1, 0.15) is 24.2 Å². The lowest BCUT2D eigenvalue weighted by Gasteiger charge is -2.16. The van der Waals surface area contributed by atoms with Crippen molar-refractivity contribution in [3.05, 3.63) is 24.3 Å². The van der Waals surface area contributed by atoms with E-state index in [0.717, 1.165) is 12.3 Å². The van der Waals surface area contributed by atoms with Gasteiger partial charge in [0.05, 0.1) is 7.11 Å². The summed E-state index contributed by atoms with van der Waals surface area (Å²) in [5.74, 6) is 2.15. The maximum absolute atomic E-state index is 9.88. The SMILES string of the molecule is CCC(CC)CNCC(O)COc1cccc(OC)c1. The lowest BCUT2D eigenvalue weighted by Crippen LogP contribution is -2.34. The fourth-order valence-electron chi connectivity index (χ4n) is 1.97. The van der Waals surface area contributed by atoms with Crippen molar-refractivity contribution in [2.24, 2.45) is 5.92 Å². The van der Waals surface area contributed by atoms with Crippen LogP contribution >= 0.6 is 0 Å². The third kappa shape index (κ3) is 6.26. The van der Waals surface area contributed by atoms with E-state index in [0.29, 0.717) is 18.2 Å². The van der Waals surface area contributed by atoms with Crippen molar-refractivity contribution in [2.45, 2.75) is 32.8 Å². The minimum Gasteiger partial charge on any atom is -0.497 e. The summed E-state index contributed by atoms with van der Waals surface area (Å²) in [6, 6.07) is 7.39. The van der Waals surface area contributed by atoms with E-state index in [4.69, 9.17) is 9.47 Å². The zero-order valence-corrected chi connectivity index (χ0v) is 12.8. The quantitative estimate of drug-likeness (QED) is 0.692. The van der Waals surface area contributed by atoms with Crippen LogP contribution in [0.1, 0.15) is 26.7 Å². The first-order valence-electron chi connectivity index (χ1n) is 7.35. The molecule has 0 amide bonds. The molecule has 0 fully saturated rings. The number of aliphatic hydroxyl groups excluding tert-OH is 1. The molecule has 0 spiro atoms. The van der Waals surface area contributed by atoms with Crippen LogP contribution in [0.3, 0.4) is 0 Å². The fraction of sp³-hybridized carbons (Fsp3) is 0.625. The summed E-state index contributed by atoms with van der Waals surface area (Å²) in [5, 5.41) is 13.2. The minimum absolute atomic E-state index is 0.281. The molecule has 0 bridgehead atoms. The summed E-state index contributed by atoms with van der Waals surface area (Å²) < 4.78 is 10.7. The molecule has 0 radical (unpaired) electrons. The van der Waals surface area contributed by atoms with Crippen molar-refractivity contribution in [3.63, 3.8) is 0 Å². The number of benzene rings is 1. The molecular formula is C16H27NO3. The van der Waals surface area contributed by atoms with Crippen LogP contribution < -0.4 is 14.8 Å². The van der Waals surface area contributed by atoms with Crippen molar-refractivity contribution in [1.29, 1.82) is 0 Å². The second-order valence-electron chi connectivity index (χ2n) is 4.98. The number of nitrogens with one attached hydrogen (secondary N) is 1. The molecule has 1 atom stereocenters. The van der Waals surface area contributed by atoms with E-state index in [1.165, 1.54) is 12.8 Å². The predicted octanol–water partition coefficient (Wildman–Crippen LogP) is 2.46. The van der Waals surface area contributed by atoms with Crippen molar-refractivity contribution in [3.8, 4) is 11.5 Å². The summed E-state index contributed by atoms with van der Waals surface area (Å²) in [6.45, 7) is 6.17. The highest BCUT2D eigenvalue weighted by Crippen LogP contribution is 2.18. The number of rotatable bonds is 10. The van der Waals surface area contributed by atoms with Crippen molar-refractivity contribution in [1.82, 2.24) is 5.32 Å². The van der Waals surface area contributed by atoms with E-state index >= 15 is 0 Å². The number of ether oxygens (including phenoxy) is 2. The Morgan fingerprint density at radius 2 is 1.85 bits per heavy atom. The van der Waals surface area contributed by atoms with Crippen molar-refractivity contribution >= 4 is 0 Å². The second-order valence-corrected chi connectivity index (χ2v) is 4.98. The van der Waals surface area contributed by atoms with E-state index in [9.17, 15) is 5.11 Å². The van der Waals surface area contributed by atoms with Gasteiger partial charge in [0.25, 0.3) is 0 Å². The van der Waals surface area contributed by atoms with Crippen LogP contribution in [0.2, 0.25) is 0 Å². The Morgan fingerprint density at radius 1 is 1.15 bits per heavy atom. The largest absolute Gasteiger partial charge is 0.497 e. The Morgan fingerprint density at radius 3 is 2.50 bits per heavy atom. The topological polar surface area (TPSA) is 50.7 Å². The van der Waals surface area contributed by atoms with Crippen molar-refractivity contribution < 1.29 is 14.6 Å². The van der Waals surface area contributed by atoms with Gasteiger partial charge in [-0.2, -0.15) is 0 Å². The average molecular weight is 281 g/mol. The summed E-state index contributed by atoms with van der Waals surface area (Å²) in [4.78, 5) is 0. The minimum atomic E-state index is -0.504. The van der Waals surface area contributed by atoms with Gasteiger partial charge in [-0.3, -0.25) is 0 Å². The van der Waals surface area contributed by atoms with Gasteiger partial charge in [0.15, 0.2) is 0 Å². The molecule has 1 unspecified atom stereocenters. The van der Waals surface area contributed by atoms with E-state index < -0.39 is 6.10 Å². The predicted molar refractivity (Wildman–Crippen MR) is 81.4 cm³/mol. The molecule has 0 aliphatic rings. The maximum Gasteiger partial charge on any atom is 0.123 e. The molecule has 0 saturated heterocycles. The molecule has 1 aromatic carbocycles. The number of hydrogen-bond donors (Lipinski definition) is 2. The first kappa shape index (κ1) is 16.8. The van der Waals surface area contributed by atoms with E-state index in [1.54, 1.807) is 7.11 Å². The molecule has 1 aromatic rings. The van der Waals surface area contributed by atoms with E-state index in [-0.39, 0.29) is 6.61 Å². The Kier molecular flexibility index (Phi) is 8.07. The highest BCUT2D eigenvalue weighted by Gasteiger charge is 2.07. The Labute approximate surface area is 122 Å². The molecule has 0 aromatic heterocycles. The Balaban J connectivity index is 2.23. The van der Waals surface area contributed by atoms with Crippen LogP contribution in [-0.4, -0.2) is 38.0 Å². The first-order valence-corrected chi connectivity index (χ1v) is 7.35. The number of hydrogen-bond acceptors (Lipinski definition) is 4. The van der Waals surface area contributed by atoms with Gasteiger partial charge >= 0.3 is 0 Å². The average Bonchev–Trinajstić information content (AvgIpc) is 2.49. The standard InChI is InChI=1S/C16H27NO3/c1-4-13(5-2)10-17-11-14(18)12-20-16-8-6-7-15(9-16)19-3/h6-9,13-14,17-18H,4-5,10-12H2,1-3H3. The van der Waals surface area contributed by atoms with Gasteiger partial charge in [-0.15, -0.1) is 0 Å². The molecule has 20 heavy (non-hydrogen) atoms. The molecular weight excluding hydrogens is 254 g/mol. The Hall–Kier alpha value is -1.26. The molecule has 1 rings (SSSR count). The number of methoxy groups -OCH3 is 1. The maximum atomic E-state index is 9.88. The van der Waals surface area contributed by atoms with Crippen LogP contribution in [0.4, 0.5) is 0 Å². The molecule has 2 N–H and O–H groups in total. The monoisotopic (exact) mass is 281 g/mol. The van der Waals surface area contributed by atoms with Crippen LogP contribution in [0, 0.1) is 5.92 Å². The fourth-order valence-corrected chi connectivity index (χ4v) is 1.97. The molecule has 0 aliphatic carbocycles. The molecule has 4 nitrogen and oxygen atoms in total. The second kappa shape index (κ2) is 9.61. The first-order chi connectivity index (χ1) is 9.69. The van der Waals surface area contributed by atoms with Crippen LogP contribution in [0.25, 0.3) is 0 Å². The van der Waals surface area contributed by atoms with Crippen LogP contribution in [0.15, 0.2) is 24.3 Å². The molecule has 0 aliphatic heterocycles. The lowest BCUT2D eigenvalue weighted by atomic mass is 10.0. The van der Waals surface area contributed by atoms with Gasteiger partial charge in [-0.05, 0) is 24.6 Å². The van der Waals surface area contributed by atoms with Crippen LogP contribution in [-0.2, 0) is 0 Å². The van der Waals surface area contributed by atoms with Gasteiger partial charge in [0, 0.05) is 12.6 Å². The summed E-state index contributed by atoms with van der Waals surface area (Å²) in [6.07, 6.45) is 1.83. The van der Waals surface area contributed by atoms with Crippen LogP contribution in [0.5, 0.6) is 11.5 Å². The number of aliphatic hydroxyl groups is 1. The molecule has 0 heterocycles. The zero-order valence-electron chi connectivity index (χ0n) is 12.8.